The van der Waals surface area contributed by atoms with Crippen molar-refractivity contribution in [2.24, 2.45) is 17.1 Å². The van der Waals surface area contributed by atoms with Crippen molar-refractivity contribution in [1.29, 1.82) is 0 Å². The smallest absolute Gasteiger partial charge is 0.251 e. The van der Waals surface area contributed by atoms with Gasteiger partial charge in [0, 0.05) is 30.3 Å². The lowest BCUT2D eigenvalue weighted by molar-refractivity contribution is -0.146. The minimum absolute atomic E-state index is 0.00995. The molecular weight excluding hydrogens is 428 g/mol. The summed E-state index contributed by atoms with van der Waals surface area (Å²) < 4.78 is 5.50. The van der Waals surface area contributed by atoms with E-state index in [1.54, 1.807) is 29.2 Å². The number of ketones is 1. The van der Waals surface area contributed by atoms with E-state index >= 15 is 0 Å². The summed E-state index contributed by atoms with van der Waals surface area (Å²) in [7, 11) is 0. The number of hydrogen-bond acceptors (Lipinski definition) is 5. The van der Waals surface area contributed by atoms with Gasteiger partial charge in [0.25, 0.3) is 5.91 Å². The van der Waals surface area contributed by atoms with Crippen LogP contribution < -0.4 is 16.4 Å². The third-order valence-electron chi connectivity index (χ3n) is 6.42. The molecule has 2 amide bonds. The van der Waals surface area contributed by atoms with Crippen molar-refractivity contribution in [3.8, 4) is 0 Å². The molecule has 0 bridgehead atoms. The summed E-state index contributed by atoms with van der Waals surface area (Å²) in [6, 6.07) is 6.95. The third-order valence-corrected chi connectivity index (χ3v) is 6.53. The number of thiocarbonyl (C=S) groups is 1. The predicted octanol–water partition coefficient (Wildman–Crippen LogP) is 2.43. The van der Waals surface area contributed by atoms with E-state index in [2.05, 4.69) is 17.6 Å². The number of carbonyl (C=O) groups excluding carboxylic acids is 3. The molecule has 0 aromatic heterocycles. The van der Waals surface area contributed by atoms with Crippen LogP contribution in [0.2, 0.25) is 0 Å². The molecule has 1 heterocycles. The fraction of sp³-hybridized carbons (Fsp3) is 0.565. The first-order chi connectivity index (χ1) is 15.2. The van der Waals surface area contributed by atoms with Gasteiger partial charge in [-0.2, -0.15) is 0 Å². The molecule has 2 fully saturated rings. The average molecular weight is 461 g/mol. The second-order valence-electron chi connectivity index (χ2n) is 8.96. The maximum Gasteiger partial charge on any atom is 0.251 e. The summed E-state index contributed by atoms with van der Waals surface area (Å²) in [5.74, 6) is -0.0856. The van der Waals surface area contributed by atoms with Crippen LogP contribution in [0.1, 0.15) is 56.3 Å². The molecule has 4 N–H and O–H groups in total. The summed E-state index contributed by atoms with van der Waals surface area (Å²) in [5, 5.41) is 5.98. The van der Waals surface area contributed by atoms with Crippen molar-refractivity contribution in [2.75, 3.05) is 25.0 Å². The minimum Gasteiger partial charge on any atom is -0.376 e. The van der Waals surface area contributed by atoms with E-state index in [9.17, 15) is 14.4 Å². The number of carbonyl (C=O) groups is 3. The quantitative estimate of drug-likeness (QED) is 0.511. The van der Waals surface area contributed by atoms with Crippen molar-refractivity contribution >= 4 is 40.6 Å². The topological polar surface area (TPSA) is 114 Å². The molecular formula is C23H32N4O4S. The number of anilines is 1. The number of nitrogens with two attached hydrogens (primary N) is 1. The van der Waals surface area contributed by atoms with E-state index < -0.39 is 6.23 Å². The van der Waals surface area contributed by atoms with E-state index in [1.165, 1.54) is 0 Å². The molecule has 1 aliphatic heterocycles. The van der Waals surface area contributed by atoms with Crippen molar-refractivity contribution < 1.29 is 19.1 Å². The zero-order valence-electron chi connectivity index (χ0n) is 18.7. The Bertz CT molecular complexity index is 875. The maximum absolute atomic E-state index is 13.1. The Kier molecular flexibility index (Phi) is 7.84. The van der Waals surface area contributed by atoms with Gasteiger partial charge in [-0.1, -0.05) is 6.92 Å². The first-order valence-electron chi connectivity index (χ1n) is 11.1. The normalized spacial score (nSPS) is 24.9. The Morgan fingerprint density at radius 1 is 1.31 bits per heavy atom. The third kappa shape index (κ3) is 6.04. The van der Waals surface area contributed by atoms with E-state index in [-0.39, 0.29) is 47.1 Å². The molecule has 1 saturated heterocycles. The molecule has 174 valence electrons. The lowest BCUT2D eigenvalue weighted by Crippen LogP contribution is -2.43. The largest absolute Gasteiger partial charge is 0.376 e. The number of amides is 2. The fourth-order valence-electron chi connectivity index (χ4n) is 4.62. The second kappa shape index (κ2) is 10.4. The monoisotopic (exact) mass is 460 g/mol. The summed E-state index contributed by atoms with van der Waals surface area (Å²) in [4.78, 5) is 38.8. The van der Waals surface area contributed by atoms with Gasteiger partial charge in [-0.05, 0) is 74.5 Å². The van der Waals surface area contributed by atoms with Crippen LogP contribution in [0.4, 0.5) is 5.69 Å². The highest BCUT2D eigenvalue weighted by atomic mass is 32.1. The Balaban J connectivity index is 1.47. The molecule has 3 atom stereocenters. The first kappa shape index (κ1) is 24.1. The van der Waals surface area contributed by atoms with Gasteiger partial charge in [-0.15, -0.1) is 0 Å². The standard InChI is InChI=1S/C23H32N4O4S/c1-3-27(19-12-18(28)14-31-19)21(30)16-8-9-23(2,13-16)10-11-25-20(29)15-4-6-17(7-5-15)26-22(24)32/h4-7,16,19H,3,8-14H2,1-2H3,(H,25,29)(H3,24,26,32)/t16-,19-,23+/m0/s1. The van der Waals surface area contributed by atoms with Crippen molar-refractivity contribution in [2.45, 2.75) is 52.2 Å². The van der Waals surface area contributed by atoms with Gasteiger partial charge in [0.2, 0.25) is 5.91 Å². The zero-order chi connectivity index (χ0) is 23.3. The molecule has 32 heavy (non-hydrogen) atoms. The molecule has 8 nitrogen and oxygen atoms in total. The van der Waals surface area contributed by atoms with Gasteiger partial charge in [0.05, 0.1) is 6.42 Å². The Morgan fingerprint density at radius 2 is 2.03 bits per heavy atom. The van der Waals surface area contributed by atoms with Crippen LogP contribution in [0.15, 0.2) is 24.3 Å². The lowest BCUT2D eigenvalue weighted by atomic mass is 9.84. The van der Waals surface area contributed by atoms with Gasteiger partial charge < -0.3 is 26.0 Å². The number of Topliss-reactive ketones (excluding diaryl/α,β-unsaturated/α-hetero) is 1. The Morgan fingerprint density at radius 3 is 2.62 bits per heavy atom. The molecule has 2 aliphatic rings. The SMILES string of the molecule is CCN(C(=O)[C@H]1CC[C@](C)(CCNC(=O)c2ccc(NC(N)=S)cc2)C1)[C@@H]1CC(=O)CO1. The van der Waals surface area contributed by atoms with Crippen molar-refractivity contribution in [1.82, 2.24) is 10.2 Å². The summed E-state index contributed by atoms with van der Waals surface area (Å²) >= 11 is 4.80. The highest BCUT2D eigenvalue weighted by molar-refractivity contribution is 7.80. The van der Waals surface area contributed by atoms with Gasteiger partial charge in [0.15, 0.2) is 10.9 Å². The summed E-state index contributed by atoms with van der Waals surface area (Å²) in [6.07, 6.45) is 3.18. The maximum atomic E-state index is 13.1. The van der Waals surface area contributed by atoms with E-state index in [0.29, 0.717) is 18.7 Å². The molecule has 9 heteroatoms. The number of rotatable bonds is 8. The highest BCUT2D eigenvalue weighted by Gasteiger charge is 2.41. The number of ether oxygens (including phenoxy) is 1. The number of nitrogens with zero attached hydrogens (tertiary/aromatic N) is 1. The first-order valence-corrected chi connectivity index (χ1v) is 11.5. The van der Waals surface area contributed by atoms with Crippen LogP contribution in [-0.2, 0) is 14.3 Å². The van der Waals surface area contributed by atoms with Crippen LogP contribution in [0.3, 0.4) is 0 Å². The lowest BCUT2D eigenvalue weighted by Gasteiger charge is -2.30. The van der Waals surface area contributed by atoms with E-state index in [4.69, 9.17) is 22.7 Å². The fourth-order valence-corrected chi connectivity index (χ4v) is 4.74. The van der Waals surface area contributed by atoms with Crippen LogP contribution >= 0.6 is 12.2 Å². The molecule has 1 aromatic carbocycles. The van der Waals surface area contributed by atoms with Gasteiger partial charge in [-0.25, -0.2) is 0 Å². The van der Waals surface area contributed by atoms with E-state index in [0.717, 1.165) is 31.4 Å². The number of benzene rings is 1. The van der Waals surface area contributed by atoms with Gasteiger partial charge >= 0.3 is 0 Å². The number of hydrogen-bond donors (Lipinski definition) is 3. The summed E-state index contributed by atoms with van der Waals surface area (Å²) in [5.41, 5.74) is 6.73. The zero-order valence-corrected chi connectivity index (χ0v) is 19.5. The molecule has 1 aromatic rings. The Hall–Kier alpha value is -2.52. The van der Waals surface area contributed by atoms with Crippen molar-refractivity contribution in [3.63, 3.8) is 0 Å². The Labute approximate surface area is 194 Å². The molecule has 0 radical (unpaired) electrons. The average Bonchev–Trinajstić information content (AvgIpc) is 3.35. The number of nitrogens with one attached hydrogen (secondary N) is 2. The van der Waals surface area contributed by atoms with Gasteiger partial charge in [-0.3, -0.25) is 14.4 Å². The molecule has 0 spiro atoms. The van der Waals surface area contributed by atoms with Crippen LogP contribution in [-0.4, -0.2) is 53.5 Å². The minimum atomic E-state index is -0.423. The molecule has 3 rings (SSSR count). The summed E-state index contributed by atoms with van der Waals surface area (Å²) in [6.45, 7) is 5.26. The molecule has 1 aliphatic carbocycles. The highest BCUT2D eigenvalue weighted by Crippen LogP contribution is 2.44. The predicted molar refractivity (Wildman–Crippen MR) is 126 cm³/mol. The van der Waals surface area contributed by atoms with Crippen molar-refractivity contribution in [3.05, 3.63) is 29.8 Å². The van der Waals surface area contributed by atoms with Gasteiger partial charge in [0.1, 0.15) is 12.8 Å². The molecule has 0 unspecified atom stereocenters. The molecule has 1 saturated carbocycles. The van der Waals surface area contributed by atoms with E-state index in [1.807, 2.05) is 6.92 Å². The second-order valence-corrected chi connectivity index (χ2v) is 9.40. The van der Waals surface area contributed by atoms with Crippen LogP contribution in [0.5, 0.6) is 0 Å². The van der Waals surface area contributed by atoms with Crippen LogP contribution in [0.25, 0.3) is 0 Å². The van der Waals surface area contributed by atoms with Crippen LogP contribution in [0, 0.1) is 11.3 Å².